The molecule has 1 N–H and O–H groups in total. The van der Waals surface area contributed by atoms with Gasteiger partial charge in [-0.25, -0.2) is 0 Å². The number of ether oxygens (including phenoxy) is 2. The maximum absolute atomic E-state index is 12.5. The van der Waals surface area contributed by atoms with Crippen molar-refractivity contribution in [3.8, 4) is 17.2 Å². The Kier molecular flexibility index (Phi) is 4.91. The molecule has 0 unspecified atom stereocenters. The van der Waals surface area contributed by atoms with Crippen molar-refractivity contribution in [1.82, 2.24) is 0 Å². The van der Waals surface area contributed by atoms with Gasteiger partial charge in [0, 0.05) is 11.1 Å². The molecule has 4 aromatic rings. The molecular formula is C22H16ClNO4. The number of benzene rings is 3. The fourth-order valence-electron chi connectivity index (χ4n) is 2.76. The number of amides is 1. The van der Waals surface area contributed by atoms with E-state index in [1.54, 1.807) is 55.6 Å². The van der Waals surface area contributed by atoms with Crippen molar-refractivity contribution in [3.05, 3.63) is 83.6 Å². The van der Waals surface area contributed by atoms with Gasteiger partial charge in [-0.1, -0.05) is 35.9 Å². The number of para-hydroxylation sites is 2. The van der Waals surface area contributed by atoms with Gasteiger partial charge in [0.2, 0.25) is 0 Å². The van der Waals surface area contributed by atoms with Crippen LogP contribution in [0.5, 0.6) is 17.2 Å². The number of anilines is 1. The fraction of sp³-hybridized carbons (Fsp3) is 0.0455. The van der Waals surface area contributed by atoms with Crippen molar-refractivity contribution in [2.45, 2.75) is 0 Å². The predicted molar refractivity (Wildman–Crippen MR) is 109 cm³/mol. The average Bonchev–Trinajstić information content (AvgIpc) is 3.16. The molecule has 140 valence electrons. The van der Waals surface area contributed by atoms with E-state index in [1.165, 1.54) is 0 Å². The minimum absolute atomic E-state index is 0.205. The molecule has 28 heavy (non-hydrogen) atoms. The third-order valence-corrected chi connectivity index (χ3v) is 4.44. The summed E-state index contributed by atoms with van der Waals surface area (Å²) in [6.45, 7) is 0. The Labute approximate surface area is 166 Å². The standard InChI is InChI=1S/C22H16ClNO4/c1-26-19-8-4-5-14-13-20(28-21(14)19)22(25)24-15-9-11-16(12-10-15)27-18-7-3-2-6-17(18)23/h2-13H,1H3,(H,24,25). The normalized spacial score (nSPS) is 10.6. The van der Waals surface area contributed by atoms with Gasteiger partial charge in [-0.2, -0.15) is 0 Å². The quantitative estimate of drug-likeness (QED) is 0.442. The van der Waals surface area contributed by atoms with Gasteiger partial charge >= 0.3 is 0 Å². The number of halogens is 1. The number of fused-ring (bicyclic) bond motifs is 1. The van der Waals surface area contributed by atoms with Crippen LogP contribution >= 0.6 is 11.6 Å². The monoisotopic (exact) mass is 393 g/mol. The summed E-state index contributed by atoms with van der Waals surface area (Å²) >= 11 is 6.10. The molecule has 0 bridgehead atoms. The molecule has 0 fully saturated rings. The van der Waals surface area contributed by atoms with E-state index in [1.807, 2.05) is 24.3 Å². The van der Waals surface area contributed by atoms with Crippen LogP contribution in [0.1, 0.15) is 10.6 Å². The highest BCUT2D eigenvalue weighted by Crippen LogP contribution is 2.30. The molecule has 0 aliphatic heterocycles. The summed E-state index contributed by atoms with van der Waals surface area (Å²) in [6.07, 6.45) is 0. The van der Waals surface area contributed by atoms with Gasteiger partial charge in [0.25, 0.3) is 5.91 Å². The van der Waals surface area contributed by atoms with Gasteiger partial charge in [0.05, 0.1) is 12.1 Å². The molecule has 0 saturated carbocycles. The van der Waals surface area contributed by atoms with E-state index in [9.17, 15) is 4.79 Å². The van der Waals surface area contributed by atoms with E-state index < -0.39 is 0 Å². The van der Waals surface area contributed by atoms with Gasteiger partial charge in [-0.15, -0.1) is 0 Å². The van der Waals surface area contributed by atoms with Gasteiger partial charge in [0.15, 0.2) is 17.1 Å². The number of furan rings is 1. The lowest BCUT2D eigenvalue weighted by Crippen LogP contribution is -2.10. The Hall–Kier alpha value is -3.44. The number of carbonyl (C=O) groups is 1. The van der Waals surface area contributed by atoms with Crippen LogP contribution < -0.4 is 14.8 Å². The average molecular weight is 394 g/mol. The summed E-state index contributed by atoms with van der Waals surface area (Å²) in [5, 5.41) is 4.13. The van der Waals surface area contributed by atoms with Crippen molar-refractivity contribution in [1.29, 1.82) is 0 Å². The third-order valence-electron chi connectivity index (χ3n) is 4.13. The number of hydrogen-bond acceptors (Lipinski definition) is 4. The first-order valence-electron chi connectivity index (χ1n) is 8.54. The zero-order chi connectivity index (χ0) is 19.5. The molecule has 1 heterocycles. The first-order chi connectivity index (χ1) is 13.6. The Bertz CT molecular complexity index is 1130. The lowest BCUT2D eigenvalue weighted by molar-refractivity contribution is 0.0998. The molecule has 0 atom stereocenters. The van der Waals surface area contributed by atoms with Gasteiger partial charge in [-0.3, -0.25) is 4.79 Å². The van der Waals surface area contributed by atoms with E-state index in [4.69, 9.17) is 25.5 Å². The molecular weight excluding hydrogens is 378 g/mol. The van der Waals surface area contributed by atoms with Crippen molar-refractivity contribution in [3.63, 3.8) is 0 Å². The van der Waals surface area contributed by atoms with Gasteiger partial charge < -0.3 is 19.2 Å². The second-order valence-electron chi connectivity index (χ2n) is 6.00. The molecule has 0 aliphatic rings. The van der Waals surface area contributed by atoms with Crippen molar-refractivity contribution in [2.24, 2.45) is 0 Å². The summed E-state index contributed by atoms with van der Waals surface area (Å²) in [6, 6.07) is 21.4. The Morgan fingerprint density at radius 2 is 1.71 bits per heavy atom. The highest BCUT2D eigenvalue weighted by atomic mass is 35.5. The molecule has 0 saturated heterocycles. The van der Waals surface area contributed by atoms with Crippen LogP contribution in [-0.4, -0.2) is 13.0 Å². The molecule has 0 aliphatic carbocycles. The van der Waals surface area contributed by atoms with Crippen LogP contribution in [0.3, 0.4) is 0 Å². The molecule has 0 radical (unpaired) electrons. The molecule has 5 nitrogen and oxygen atoms in total. The van der Waals surface area contributed by atoms with Crippen LogP contribution in [0, 0.1) is 0 Å². The first kappa shape index (κ1) is 17.9. The van der Waals surface area contributed by atoms with Crippen molar-refractivity contribution < 1.29 is 18.7 Å². The topological polar surface area (TPSA) is 60.7 Å². The number of rotatable bonds is 5. The zero-order valence-corrected chi connectivity index (χ0v) is 15.7. The van der Waals surface area contributed by atoms with Crippen LogP contribution in [0.2, 0.25) is 5.02 Å². The summed E-state index contributed by atoms with van der Waals surface area (Å²) in [5.41, 5.74) is 1.16. The molecule has 0 spiro atoms. The second kappa shape index (κ2) is 7.66. The molecule has 6 heteroatoms. The molecule has 1 amide bonds. The van der Waals surface area contributed by atoms with E-state index in [2.05, 4.69) is 5.32 Å². The fourth-order valence-corrected chi connectivity index (χ4v) is 2.94. The largest absolute Gasteiger partial charge is 0.493 e. The number of methoxy groups -OCH3 is 1. The summed E-state index contributed by atoms with van der Waals surface area (Å²) in [4.78, 5) is 12.5. The first-order valence-corrected chi connectivity index (χ1v) is 8.92. The van der Waals surface area contributed by atoms with E-state index in [-0.39, 0.29) is 11.7 Å². The number of nitrogens with one attached hydrogen (secondary N) is 1. The zero-order valence-electron chi connectivity index (χ0n) is 14.9. The maximum Gasteiger partial charge on any atom is 0.291 e. The van der Waals surface area contributed by atoms with Crippen LogP contribution in [0.25, 0.3) is 11.0 Å². The Morgan fingerprint density at radius 3 is 2.46 bits per heavy atom. The minimum Gasteiger partial charge on any atom is -0.493 e. The van der Waals surface area contributed by atoms with Crippen LogP contribution in [0.15, 0.2) is 77.2 Å². The van der Waals surface area contributed by atoms with Gasteiger partial charge in [-0.05, 0) is 48.5 Å². The third kappa shape index (κ3) is 3.66. The van der Waals surface area contributed by atoms with Crippen molar-refractivity contribution in [2.75, 3.05) is 12.4 Å². The molecule has 3 aromatic carbocycles. The molecule has 4 rings (SSSR count). The van der Waals surface area contributed by atoms with E-state index in [0.717, 1.165) is 5.39 Å². The summed E-state index contributed by atoms with van der Waals surface area (Å²) < 4.78 is 16.7. The lowest BCUT2D eigenvalue weighted by atomic mass is 10.2. The van der Waals surface area contributed by atoms with Crippen LogP contribution in [-0.2, 0) is 0 Å². The molecule has 1 aromatic heterocycles. The number of carbonyl (C=O) groups excluding carboxylic acids is 1. The summed E-state index contributed by atoms with van der Waals surface area (Å²) in [5.74, 6) is 1.61. The van der Waals surface area contributed by atoms with Gasteiger partial charge in [0.1, 0.15) is 11.5 Å². The van der Waals surface area contributed by atoms with Crippen molar-refractivity contribution >= 4 is 34.2 Å². The predicted octanol–water partition coefficient (Wildman–Crippen LogP) is 6.14. The summed E-state index contributed by atoms with van der Waals surface area (Å²) in [7, 11) is 1.56. The van der Waals surface area contributed by atoms with E-state index in [0.29, 0.717) is 33.5 Å². The number of hydrogen-bond donors (Lipinski definition) is 1. The maximum atomic E-state index is 12.5. The lowest BCUT2D eigenvalue weighted by Gasteiger charge is -2.08. The highest BCUT2D eigenvalue weighted by Gasteiger charge is 2.15. The SMILES string of the molecule is COc1cccc2cc(C(=O)Nc3ccc(Oc4ccccc4Cl)cc3)oc12. The second-order valence-corrected chi connectivity index (χ2v) is 6.41. The van der Waals surface area contributed by atoms with E-state index >= 15 is 0 Å². The minimum atomic E-state index is -0.349. The highest BCUT2D eigenvalue weighted by molar-refractivity contribution is 6.32. The van der Waals surface area contributed by atoms with Crippen LogP contribution in [0.4, 0.5) is 5.69 Å². The Morgan fingerprint density at radius 1 is 0.964 bits per heavy atom. The Balaban J connectivity index is 1.48. The smallest absolute Gasteiger partial charge is 0.291 e.